The van der Waals surface area contributed by atoms with Crippen LogP contribution >= 0.6 is 11.6 Å². The van der Waals surface area contributed by atoms with Gasteiger partial charge in [0.1, 0.15) is 11.0 Å². The highest BCUT2D eigenvalue weighted by Crippen LogP contribution is 2.38. The molecule has 1 aliphatic carbocycles. The highest BCUT2D eigenvalue weighted by atomic mass is 35.5. The van der Waals surface area contributed by atoms with E-state index in [4.69, 9.17) is 11.6 Å². The Balaban J connectivity index is 2.25. The van der Waals surface area contributed by atoms with Crippen molar-refractivity contribution in [1.82, 2.24) is 14.9 Å². The molecule has 1 amide bonds. The largest absolute Gasteiger partial charge is 0.359 e. The zero-order valence-corrected chi connectivity index (χ0v) is 10.3. The maximum absolute atomic E-state index is 11.8. The van der Waals surface area contributed by atoms with Crippen LogP contribution in [0.5, 0.6) is 0 Å². The Bertz CT molecular complexity index is 494. The fourth-order valence-corrected chi connectivity index (χ4v) is 1.89. The molecule has 2 rings (SSSR count). The number of nitrogens with zero attached hydrogens (tertiary/aromatic N) is 2. The Kier molecular flexibility index (Phi) is 3.47. The summed E-state index contributed by atoms with van der Waals surface area (Å²) in [5.74, 6) is 0.950. The summed E-state index contributed by atoms with van der Waals surface area (Å²) in [4.78, 5) is 27.2. The Morgan fingerprint density at radius 3 is 2.94 bits per heavy atom. The summed E-state index contributed by atoms with van der Waals surface area (Å²) >= 11 is 5.78. The van der Waals surface area contributed by atoms with Crippen LogP contribution < -0.4 is 10.9 Å². The summed E-state index contributed by atoms with van der Waals surface area (Å²) in [5, 5.41) is 2.76. The fourth-order valence-electron chi connectivity index (χ4n) is 1.71. The van der Waals surface area contributed by atoms with Crippen LogP contribution in [0.2, 0.25) is 5.15 Å². The van der Waals surface area contributed by atoms with Gasteiger partial charge in [0.2, 0.25) is 5.91 Å². The molecule has 17 heavy (non-hydrogen) atoms. The molecule has 0 saturated heterocycles. The minimum atomic E-state index is -0.184. The Morgan fingerprint density at radius 2 is 2.35 bits per heavy atom. The molecule has 6 heteroatoms. The monoisotopic (exact) mass is 255 g/mol. The first-order valence-electron chi connectivity index (χ1n) is 5.59. The molecule has 1 aromatic rings. The summed E-state index contributed by atoms with van der Waals surface area (Å²) < 4.78 is 1.55. The maximum Gasteiger partial charge on any atom is 0.255 e. The minimum absolute atomic E-state index is 0.0893. The number of rotatable bonds is 4. The van der Waals surface area contributed by atoms with Gasteiger partial charge in [0.25, 0.3) is 5.56 Å². The van der Waals surface area contributed by atoms with Gasteiger partial charge in [-0.05, 0) is 12.8 Å². The van der Waals surface area contributed by atoms with Crippen molar-refractivity contribution < 1.29 is 4.79 Å². The predicted molar refractivity (Wildman–Crippen MR) is 64.2 cm³/mol. The van der Waals surface area contributed by atoms with E-state index in [1.807, 2.05) is 0 Å². The molecule has 1 aliphatic rings. The number of carbonyl (C=O) groups excluding carboxylic acids is 1. The van der Waals surface area contributed by atoms with E-state index in [0.29, 0.717) is 18.3 Å². The molecule has 5 nitrogen and oxygen atoms in total. The molecule has 92 valence electrons. The zero-order valence-electron chi connectivity index (χ0n) is 9.57. The second kappa shape index (κ2) is 4.87. The molecule has 1 fully saturated rings. The molecule has 0 aromatic carbocycles. The molecule has 0 bridgehead atoms. The van der Waals surface area contributed by atoms with Crippen molar-refractivity contribution in [2.24, 2.45) is 0 Å². The van der Waals surface area contributed by atoms with Crippen LogP contribution in [0.1, 0.15) is 31.0 Å². The zero-order chi connectivity index (χ0) is 12.4. The van der Waals surface area contributed by atoms with Crippen molar-refractivity contribution in [2.75, 3.05) is 7.05 Å². The summed E-state index contributed by atoms with van der Waals surface area (Å²) in [6, 6.07) is 1.29. The van der Waals surface area contributed by atoms with Crippen molar-refractivity contribution in [3.63, 3.8) is 0 Å². The molecule has 1 aromatic heterocycles. The lowest BCUT2D eigenvalue weighted by atomic mass is 10.3. The van der Waals surface area contributed by atoms with Crippen LogP contribution in [0.4, 0.5) is 0 Å². The van der Waals surface area contributed by atoms with Crippen LogP contribution in [-0.4, -0.2) is 22.5 Å². The second-order valence-electron chi connectivity index (χ2n) is 4.12. The first-order valence-corrected chi connectivity index (χ1v) is 5.97. The van der Waals surface area contributed by atoms with E-state index in [-0.39, 0.29) is 23.0 Å². The first-order chi connectivity index (χ1) is 8.11. The molecule has 0 aliphatic heterocycles. The van der Waals surface area contributed by atoms with Crippen molar-refractivity contribution >= 4 is 17.5 Å². The molecule has 1 N–H and O–H groups in total. The highest BCUT2D eigenvalue weighted by molar-refractivity contribution is 6.29. The maximum atomic E-state index is 11.8. The molecule has 0 unspecified atom stereocenters. The third-order valence-corrected chi connectivity index (χ3v) is 2.98. The Hall–Kier alpha value is -1.36. The van der Waals surface area contributed by atoms with E-state index in [0.717, 1.165) is 12.8 Å². The van der Waals surface area contributed by atoms with Crippen LogP contribution in [0.25, 0.3) is 0 Å². The van der Waals surface area contributed by atoms with E-state index in [9.17, 15) is 9.59 Å². The minimum Gasteiger partial charge on any atom is -0.359 e. The second-order valence-corrected chi connectivity index (χ2v) is 4.51. The Morgan fingerprint density at radius 1 is 1.65 bits per heavy atom. The standard InChI is InChI=1S/C11H14ClN3O2/c1-13-9(16)4-5-15-10(17)6-8(12)14-11(15)7-2-3-7/h6-7H,2-5H2,1H3,(H,13,16). The lowest BCUT2D eigenvalue weighted by molar-refractivity contribution is -0.120. The number of aromatic nitrogens is 2. The summed E-state index contributed by atoms with van der Waals surface area (Å²) in [5.41, 5.74) is -0.184. The third-order valence-electron chi connectivity index (χ3n) is 2.79. The van der Waals surface area contributed by atoms with Gasteiger partial charge in [-0.1, -0.05) is 11.6 Å². The lowest BCUT2D eigenvalue weighted by Gasteiger charge is -2.10. The van der Waals surface area contributed by atoms with E-state index < -0.39 is 0 Å². The average molecular weight is 256 g/mol. The van der Waals surface area contributed by atoms with Gasteiger partial charge >= 0.3 is 0 Å². The summed E-state index contributed by atoms with van der Waals surface area (Å²) in [6.45, 7) is 0.356. The van der Waals surface area contributed by atoms with Crippen LogP contribution in [0.15, 0.2) is 10.9 Å². The van der Waals surface area contributed by atoms with Crippen LogP contribution in [0.3, 0.4) is 0 Å². The number of hydrogen-bond acceptors (Lipinski definition) is 3. The average Bonchev–Trinajstić information content (AvgIpc) is 3.10. The van der Waals surface area contributed by atoms with Crippen LogP contribution in [-0.2, 0) is 11.3 Å². The van der Waals surface area contributed by atoms with Gasteiger partial charge in [0.05, 0.1) is 0 Å². The SMILES string of the molecule is CNC(=O)CCn1c(C2CC2)nc(Cl)cc1=O. The molecular formula is C11H14ClN3O2. The summed E-state index contributed by atoms with van der Waals surface area (Å²) in [6.07, 6.45) is 2.35. The van der Waals surface area contributed by atoms with Crippen molar-refractivity contribution in [2.45, 2.75) is 31.7 Å². The normalized spacial score (nSPS) is 14.7. The van der Waals surface area contributed by atoms with Gasteiger partial charge in [-0.15, -0.1) is 0 Å². The number of amides is 1. The third kappa shape index (κ3) is 2.85. The number of nitrogens with one attached hydrogen (secondary N) is 1. The van der Waals surface area contributed by atoms with Gasteiger partial charge in [-0.3, -0.25) is 14.2 Å². The van der Waals surface area contributed by atoms with E-state index in [1.165, 1.54) is 6.07 Å². The van der Waals surface area contributed by atoms with E-state index in [1.54, 1.807) is 11.6 Å². The molecule has 0 atom stereocenters. The van der Waals surface area contributed by atoms with Crippen LogP contribution in [0, 0.1) is 0 Å². The quantitative estimate of drug-likeness (QED) is 0.814. The lowest BCUT2D eigenvalue weighted by Crippen LogP contribution is -2.27. The van der Waals surface area contributed by atoms with Crippen molar-refractivity contribution in [3.8, 4) is 0 Å². The van der Waals surface area contributed by atoms with E-state index in [2.05, 4.69) is 10.3 Å². The van der Waals surface area contributed by atoms with Gasteiger partial charge in [0.15, 0.2) is 0 Å². The molecule has 0 radical (unpaired) electrons. The van der Waals surface area contributed by atoms with E-state index >= 15 is 0 Å². The van der Waals surface area contributed by atoms with Crippen molar-refractivity contribution in [3.05, 3.63) is 27.4 Å². The number of carbonyl (C=O) groups is 1. The fraction of sp³-hybridized carbons (Fsp3) is 0.545. The first kappa shape index (κ1) is 12.1. The van der Waals surface area contributed by atoms with Gasteiger partial charge < -0.3 is 5.32 Å². The highest BCUT2D eigenvalue weighted by Gasteiger charge is 2.28. The molecule has 1 saturated carbocycles. The van der Waals surface area contributed by atoms with Crippen molar-refractivity contribution in [1.29, 1.82) is 0 Å². The summed E-state index contributed by atoms with van der Waals surface area (Å²) in [7, 11) is 1.58. The predicted octanol–water partition coefficient (Wildman–Crippen LogP) is 0.910. The molecular weight excluding hydrogens is 242 g/mol. The molecule has 0 spiro atoms. The smallest absolute Gasteiger partial charge is 0.255 e. The van der Waals surface area contributed by atoms with Gasteiger partial charge in [0, 0.05) is 32.0 Å². The van der Waals surface area contributed by atoms with Gasteiger partial charge in [-0.25, -0.2) is 4.98 Å². The van der Waals surface area contributed by atoms with Gasteiger partial charge in [-0.2, -0.15) is 0 Å². The number of halogens is 1. The molecule has 1 heterocycles. The number of hydrogen-bond donors (Lipinski definition) is 1. The topological polar surface area (TPSA) is 64.0 Å². The Labute approximate surface area is 104 Å².